The molecule has 13 heavy (non-hydrogen) atoms. The molecule has 2 N–H and O–H groups in total. The molecule has 1 aliphatic rings. The van der Waals surface area contributed by atoms with Crippen LogP contribution in [0.15, 0.2) is 0 Å². The van der Waals surface area contributed by atoms with E-state index in [-0.39, 0.29) is 17.4 Å². The molecule has 0 aromatic carbocycles. The second kappa shape index (κ2) is 3.46. The number of nitrogens with zero attached hydrogens (tertiary/aromatic N) is 1. The molecule has 4 heteroatoms. The molecule has 1 fully saturated rings. The molecule has 1 saturated heterocycles. The Morgan fingerprint density at radius 2 is 1.77 bits per heavy atom. The minimum absolute atomic E-state index is 0.0609. The summed E-state index contributed by atoms with van der Waals surface area (Å²) in [6, 6.07) is 0. The number of likely N-dealkylation sites (tertiary alicyclic amines) is 1. The van der Waals surface area contributed by atoms with E-state index < -0.39 is 0 Å². The molecule has 0 spiro atoms. The molecule has 0 aliphatic carbocycles. The van der Waals surface area contributed by atoms with Crippen molar-refractivity contribution in [1.29, 1.82) is 0 Å². The van der Waals surface area contributed by atoms with Crippen molar-refractivity contribution in [3.8, 4) is 0 Å². The van der Waals surface area contributed by atoms with Crippen LogP contribution in [0, 0.1) is 0 Å². The lowest BCUT2D eigenvalue weighted by Gasteiger charge is -2.21. The van der Waals surface area contributed by atoms with Gasteiger partial charge in [0.25, 0.3) is 0 Å². The van der Waals surface area contributed by atoms with Gasteiger partial charge in [0.1, 0.15) is 0 Å². The van der Waals surface area contributed by atoms with Gasteiger partial charge in [-0.05, 0) is 20.3 Å². The zero-order valence-corrected chi connectivity index (χ0v) is 8.17. The van der Waals surface area contributed by atoms with Gasteiger partial charge in [-0.15, -0.1) is 0 Å². The van der Waals surface area contributed by atoms with Crippen molar-refractivity contribution in [2.75, 3.05) is 6.54 Å². The molecular formula is C9H16N2O2. The first-order valence-electron chi connectivity index (χ1n) is 4.52. The average Bonchev–Trinajstić information content (AvgIpc) is 2.27. The Bertz CT molecular complexity index is 214. The van der Waals surface area contributed by atoms with Gasteiger partial charge in [0.05, 0.1) is 0 Å². The van der Waals surface area contributed by atoms with E-state index in [1.165, 1.54) is 4.90 Å². The van der Waals surface area contributed by atoms with E-state index in [2.05, 4.69) is 0 Å². The van der Waals surface area contributed by atoms with Crippen LogP contribution >= 0.6 is 0 Å². The number of rotatable bonds is 3. The van der Waals surface area contributed by atoms with E-state index in [0.717, 1.165) is 0 Å². The fraction of sp³-hybridized carbons (Fsp3) is 0.778. The Labute approximate surface area is 78.1 Å². The van der Waals surface area contributed by atoms with E-state index in [0.29, 0.717) is 25.8 Å². The maximum atomic E-state index is 11.2. The van der Waals surface area contributed by atoms with Gasteiger partial charge in [-0.2, -0.15) is 0 Å². The Morgan fingerprint density at radius 3 is 2.15 bits per heavy atom. The molecule has 0 aromatic heterocycles. The predicted molar refractivity (Wildman–Crippen MR) is 48.8 cm³/mol. The van der Waals surface area contributed by atoms with E-state index in [9.17, 15) is 9.59 Å². The Hall–Kier alpha value is -0.900. The van der Waals surface area contributed by atoms with Crippen molar-refractivity contribution in [3.05, 3.63) is 0 Å². The summed E-state index contributed by atoms with van der Waals surface area (Å²) in [4.78, 5) is 23.6. The minimum Gasteiger partial charge on any atom is -0.325 e. The molecule has 0 radical (unpaired) electrons. The lowest BCUT2D eigenvalue weighted by molar-refractivity contribution is -0.138. The lowest BCUT2D eigenvalue weighted by Crippen LogP contribution is -2.39. The Balaban J connectivity index is 2.45. The second-order valence-electron chi connectivity index (χ2n) is 4.18. The molecule has 4 nitrogen and oxygen atoms in total. The number of carbonyl (C=O) groups excluding carboxylic acids is 2. The normalized spacial score (nSPS) is 18.5. The molecule has 0 atom stereocenters. The van der Waals surface area contributed by atoms with Gasteiger partial charge >= 0.3 is 0 Å². The number of imide groups is 1. The van der Waals surface area contributed by atoms with Gasteiger partial charge in [-0.3, -0.25) is 14.5 Å². The van der Waals surface area contributed by atoms with E-state index in [1.54, 1.807) is 0 Å². The summed E-state index contributed by atoms with van der Waals surface area (Å²) in [5, 5.41) is 0. The van der Waals surface area contributed by atoms with Gasteiger partial charge in [-0.25, -0.2) is 0 Å². The van der Waals surface area contributed by atoms with Gasteiger partial charge in [0, 0.05) is 24.9 Å². The summed E-state index contributed by atoms with van der Waals surface area (Å²) in [5.41, 5.74) is 5.44. The fourth-order valence-electron chi connectivity index (χ4n) is 1.27. The van der Waals surface area contributed by atoms with Crippen LogP contribution in [-0.4, -0.2) is 28.8 Å². The van der Waals surface area contributed by atoms with Crippen molar-refractivity contribution in [2.24, 2.45) is 5.73 Å². The first kappa shape index (κ1) is 10.2. The lowest BCUT2D eigenvalue weighted by atomic mass is 10.0. The molecule has 0 bridgehead atoms. The van der Waals surface area contributed by atoms with Crippen molar-refractivity contribution in [3.63, 3.8) is 0 Å². The molecule has 1 rings (SSSR count). The van der Waals surface area contributed by atoms with Crippen molar-refractivity contribution in [1.82, 2.24) is 4.90 Å². The van der Waals surface area contributed by atoms with Crippen LogP contribution in [0.2, 0.25) is 0 Å². The van der Waals surface area contributed by atoms with E-state index >= 15 is 0 Å². The predicted octanol–water partition coefficient (Wildman–Crippen LogP) is 0.263. The summed E-state index contributed by atoms with van der Waals surface area (Å²) < 4.78 is 0. The highest BCUT2D eigenvalue weighted by molar-refractivity contribution is 6.01. The second-order valence-corrected chi connectivity index (χ2v) is 4.18. The molecule has 1 heterocycles. The van der Waals surface area contributed by atoms with Crippen LogP contribution < -0.4 is 5.73 Å². The first-order chi connectivity index (χ1) is 5.90. The average molecular weight is 184 g/mol. The monoisotopic (exact) mass is 184 g/mol. The number of nitrogens with two attached hydrogens (primary N) is 1. The largest absolute Gasteiger partial charge is 0.325 e. The van der Waals surface area contributed by atoms with Crippen molar-refractivity contribution >= 4 is 11.8 Å². The third-order valence-electron chi connectivity index (χ3n) is 2.13. The zero-order chi connectivity index (χ0) is 10.1. The maximum Gasteiger partial charge on any atom is 0.229 e. The third kappa shape index (κ3) is 2.81. The Morgan fingerprint density at radius 1 is 1.31 bits per heavy atom. The summed E-state index contributed by atoms with van der Waals surface area (Å²) >= 11 is 0. The molecule has 0 aromatic rings. The third-order valence-corrected chi connectivity index (χ3v) is 2.13. The Kier molecular flexibility index (Phi) is 2.71. The molecule has 0 unspecified atom stereocenters. The van der Waals surface area contributed by atoms with Crippen LogP contribution in [0.4, 0.5) is 0 Å². The summed E-state index contributed by atoms with van der Waals surface area (Å²) in [6.07, 6.45) is 1.39. The van der Waals surface area contributed by atoms with Crippen LogP contribution in [0.25, 0.3) is 0 Å². The topological polar surface area (TPSA) is 63.4 Å². The quantitative estimate of drug-likeness (QED) is 0.640. The van der Waals surface area contributed by atoms with Crippen LogP contribution in [-0.2, 0) is 9.59 Å². The van der Waals surface area contributed by atoms with E-state index in [4.69, 9.17) is 5.73 Å². The maximum absolute atomic E-state index is 11.2. The zero-order valence-electron chi connectivity index (χ0n) is 8.17. The van der Waals surface area contributed by atoms with Crippen molar-refractivity contribution in [2.45, 2.75) is 38.6 Å². The standard InChI is InChI=1S/C9H16N2O2/c1-9(2,10)5-6-11-7(12)3-4-8(11)13/h3-6,10H2,1-2H3. The first-order valence-corrected chi connectivity index (χ1v) is 4.52. The highest BCUT2D eigenvalue weighted by Crippen LogP contribution is 2.14. The molecule has 1 aliphatic heterocycles. The number of carbonyl (C=O) groups is 2. The fourth-order valence-corrected chi connectivity index (χ4v) is 1.27. The van der Waals surface area contributed by atoms with Gasteiger partial charge in [0.2, 0.25) is 11.8 Å². The van der Waals surface area contributed by atoms with Crippen molar-refractivity contribution < 1.29 is 9.59 Å². The summed E-state index contributed by atoms with van der Waals surface area (Å²) in [5.74, 6) is -0.122. The van der Waals surface area contributed by atoms with Crippen LogP contribution in [0.5, 0.6) is 0 Å². The molecule has 2 amide bonds. The minimum atomic E-state index is -0.316. The molecule has 74 valence electrons. The highest BCUT2D eigenvalue weighted by atomic mass is 16.2. The number of hydrogen-bond acceptors (Lipinski definition) is 3. The van der Waals surface area contributed by atoms with E-state index in [1.807, 2.05) is 13.8 Å². The van der Waals surface area contributed by atoms with Crippen LogP contribution in [0.3, 0.4) is 0 Å². The van der Waals surface area contributed by atoms with Gasteiger partial charge in [-0.1, -0.05) is 0 Å². The number of amides is 2. The molecule has 0 saturated carbocycles. The number of hydrogen-bond donors (Lipinski definition) is 1. The van der Waals surface area contributed by atoms with Crippen LogP contribution in [0.1, 0.15) is 33.1 Å². The smallest absolute Gasteiger partial charge is 0.229 e. The molecular weight excluding hydrogens is 168 g/mol. The summed E-state index contributed by atoms with van der Waals surface area (Å²) in [6.45, 7) is 4.23. The SMILES string of the molecule is CC(C)(N)CCN1C(=O)CCC1=O. The van der Waals surface area contributed by atoms with Gasteiger partial charge < -0.3 is 5.73 Å². The summed E-state index contributed by atoms with van der Waals surface area (Å²) in [7, 11) is 0. The highest BCUT2D eigenvalue weighted by Gasteiger charge is 2.29. The van der Waals surface area contributed by atoms with Gasteiger partial charge in [0.15, 0.2) is 0 Å².